The normalized spacial score (nSPS) is 17.5. The van der Waals surface area contributed by atoms with Crippen molar-refractivity contribution in [3.8, 4) is 0 Å². The third-order valence-electron chi connectivity index (χ3n) is 5.89. The topological polar surface area (TPSA) is 101 Å². The quantitative estimate of drug-likeness (QED) is 0.444. The number of aryl methyl sites for hydroxylation is 1. The molecule has 2 aromatic carbocycles. The fourth-order valence-corrected chi connectivity index (χ4v) is 5.05. The highest BCUT2D eigenvalue weighted by Gasteiger charge is 2.44. The Morgan fingerprint density at radius 3 is 2.55 bits per heavy atom. The summed E-state index contributed by atoms with van der Waals surface area (Å²) in [5.74, 6) is -0.0735. The number of nitrogens with one attached hydrogen (secondary N) is 2. The molecule has 166 valence electrons. The molecule has 2 heterocycles. The summed E-state index contributed by atoms with van der Waals surface area (Å²) in [6.07, 6.45) is 7.38. The number of hydrogen-bond acceptors (Lipinski definition) is 5. The van der Waals surface area contributed by atoms with Gasteiger partial charge in [0, 0.05) is 35.6 Å². The Morgan fingerprint density at radius 1 is 0.970 bits per heavy atom. The van der Waals surface area contributed by atoms with Gasteiger partial charge >= 0.3 is 0 Å². The number of nitrogens with zero attached hydrogens (tertiary/aromatic N) is 2. The first-order chi connectivity index (χ1) is 15.9. The van der Waals surface area contributed by atoms with Crippen LogP contribution in [0.15, 0.2) is 84.3 Å². The minimum absolute atomic E-state index is 0.0269. The predicted octanol–water partition coefficient (Wildman–Crippen LogP) is 4.48. The molecule has 2 aromatic heterocycles. The summed E-state index contributed by atoms with van der Waals surface area (Å²) in [7, 11) is -3.70. The van der Waals surface area contributed by atoms with Crippen molar-refractivity contribution in [2.24, 2.45) is 5.92 Å². The molecule has 0 spiro atoms. The van der Waals surface area contributed by atoms with Gasteiger partial charge in [-0.25, -0.2) is 8.42 Å². The third kappa shape index (κ3) is 4.42. The van der Waals surface area contributed by atoms with Crippen LogP contribution >= 0.6 is 0 Å². The molecular formula is C25H22N4O3S. The Balaban J connectivity index is 1.25. The summed E-state index contributed by atoms with van der Waals surface area (Å²) in [6, 6.07) is 15.8. The van der Waals surface area contributed by atoms with Crippen molar-refractivity contribution in [2.75, 3.05) is 10.0 Å². The highest BCUT2D eigenvalue weighted by molar-refractivity contribution is 7.92. The van der Waals surface area contributed by atoms with E-state index in [1.807, 2.05) is 25.1 Å². The SMILES string of the molecule is Cc1cncc2ccc(NC(=O)[C@@H]3CC3c3ccc(S(=O)(=O)Nc4cccnc4)cc3)cc12. The molecule has 0 aliphatic heterocycles. The molecule has 1 aliphatic carbocycles. The Labute approximate surface area is 192 Å². The molecule has 0 bridgehead atoms. The van der Waals surface area contributed by atoms with Crippen molar-refractivity contribution in [1.29, 1.82) is 0 Å². The number of aromatic nitrogens is 2. The lowest BCUT2D eigenvalue weighted by atomic mass is 10.1. The maximum atomic E-state index is 12.8. The van der Waals surface area contributed by atoms with E-state index in [-0.39, 0.29) is 22.6 Å². The molecule has 1 saturated carbocycles. The zero-order chi connectivity index (χ0) is 23.0. The Hall–Kier alpha value is -3.78. The molecule has 0 saturated heterocycles. The highest BCUT2D eigenvalue weighted by Crippen LogP contribution is 2.48. The minimum atomic E-state index is -3.70. The maximum Gasteiger partial charge on any atom is 0.261 e. The lowest BCUT2D eigenvalue weighted by Crippen LogP contribution is -2.14. The van der Waals surface area contributed by atoms with E-state index in [9.17, 15) is 13.2 Å². The second-order valence-electron chi connectivity index (χ2n) is 8.25. The summed E-state index contributed by atoms with van der Waals surface area (Å²) in [5.41, 5.74) is 3.17. The number of fused-ring (bicyclic) bond motifs is 1. The largest absolute Gasteiger partial charge is 0.326 e. The number of hydrogen-bond donors (Lipinski definition) is 2. The van der Waals surface area contributed by atoms with Crippen LogP contribution < -0.4 is 10.0 Å². The van der Waals surface area contributed by atoms with Crippen LogP contribution in [0.1, 0.15) is 23.5 Å². The zero-order valence-corrected chi connectivity index (χ0v) is 18.7. The maximum absolute atomic E-state index is 12.8. The van der Waals surface area contributed by atoms with Crippen molar-refractivity contribution in [3.05, 3.63) is 90.5 Å². The van der Waals surface area contributed by atoms with Gasteiger partial charge in [-0.3, -0.25) is 19.5 Å². The summed E-state index contributed by atoms with van der Waals surface area (Å²) in [6.45, 7) is 1.99. The van der Waals surface area contributed by atoms with Crippen LogP contribution in [-0.4, -0.2) is 24.3 Å². The molecule has 7 nitrogen and oxygen atoms in total. The van der Waals surface area contributed by atoms with Gasteiger partial charge < -0.3 is 5.32 Å². The zero-order valence-electron chi connectivity index (χ0n) is 17.9. The van der Waals surface area contributed by atoms with Gasteiger partial charge in [0.1, 0.15) is 0 Å². The van der Waals surface area contributed by atoms with Gasteiger partial charge in [-0.2, -0.15) is 0 Å². The van der Waals surface area contributed by atoms with Gasteiger partial charge in [0.15, 0.2) is 0 Å². The molecule has 5 rings (SSSR count). The first-order valence-corrected chi connectivity index (χ1v) is 12.1. The van der Waals surface area contributed by atoms with Gasteiger partial charge in [-0.05, 0) is 72.2 Å². The predicted molar refractivity (Wildman–Crippen MR) is 127 cm³/mol. The molecule has 33 heavy (non-hydrogen) atoms. The lowest BCUT2D eigenvalue weighted by Gasteiger charge is -2.09. The average molecular weight is 459 g/mol. The highest BCUT2D eigenvalue weighted by atomic mass is 32.2. The minimum Gasteiger partial charge on any atom is -0.326 e. The number of carbonyl (C=O) groups is 1. The van der Waals surface area contributed by atoms with Crippen molar-refractivity contribution >= 4 is 38.1 Å². The van der Waals surface area contributed by atoms with Crippen LogP contribution in [0.4, 0.5) is 11.4 Å². The van der Waals surface area contributed by atoms with E-state index in [1.165, 1.54) is 6.20 Å². The standard InChI is InChI=1S/C25H22N4O3S/c1-16-13-27-14-18-4-7-19(11-22(16)18)28-25(30)24-12-23(24)17-5-8-21(9-6-17)33(31,32)29-20-3-2-10-26-15-20/h2-11,13-15,23-24,29H,12H2,1H3,(H,28,30)/t23?,24-/m1/s1. The second kappa shape index (κ2) is 8.29. The van der Waals surface area contributed by atoms with Crippen molar-refractivity contribution in [2.45, 2.75) is 24.2 Å². The molecule has 0 radical (unpaired) electrons. The third-order valence-corrected chi connectivity index (χ3v) is 7.28. The summed E-state index contributed by atoms with van der Waals surface area (Å²) in [4.78, 5) is 21.0. The molecule has 1 fully saturated rings. The number of amides is 1. The summed E-state index contributed by atoms with van der Waals surface area (Å²) >= 11 is 0. The number of rotatable bonds is 6. The fourth-order valence-electron chi connectivity index (χ4n) is 4.01. The first-order valence-electron chi connectivity index (χ1n) is 10.6. The molecule has 1 aliphatic rings. The van der Waals surface area contributed by atoms with Gasteiger partial charge in [-0.1, -0.05) is 18.2 Å². The fraction of sp³-hybridized carbons (Fsp3) is 0.160. The number of pyridine rings is 2. The van der Waals surface area contributed by atoms with Gasteiger partial charge in [0.05, 0.1) is 16.8 Å². The molecule has 2 N–H and O–H groups in total. The molecule has 4 aromatic rings. The summed E-state index contributed by atoms with van der Waals surface area (Å²) in [5, 5.41) is 5.11. The van der Waals surface area contributed by atoms with E-state index in [2.05, 4.69) is 20.0 Å². The second-order valence-corrected chi connectivity index (χ2v) is 9.93. The Bertz CT molecular complexity index is 1440. The van der Waals surface area contributed by atoms with Crippen LogP contribution in [0.25, 0.3) is 10.8 Å². The van der Waals surface area contributed by atoms with Gasteiger partial charge in [0.2, 0.25) is 5.91 Å². The number of sulfonamides is 1. The average Bonchev–Trinajstić information content (AvgIpc) is 3.61. The van der Waals surface area contributed by atoms with Crippen molar-refractivity contribution in [1.82, 2.24) is 9.97 Å². The lowest BCUT2D eigenvalue weighted by molar-refractivity contribution is -0.117. The van der Waals surface area contributed by atoms with Crippen LogP contribution in [0.3, 0.4) is 0 Å². The van der Waals surface area contributed by atoms with Gasteiger partial charge in [-0.15, -0.1) is 0 Å². The molecule has 1 amide bonds. The van der Waals surface area contributed by atoms with Crippen LogP contribution in [0.2, 0.25) is 0 Å². The number of benzene rings is 2. The van der Waals surface area contributed by atoms with Gasteiger partial charge in [0.25, 0.3) is 10.0 Å². The van der Waals surface area contributed by atoms with Crippen LogP contribution in [0.5, 0.6) is 0 Å². The van der Waals surface area contributed by atoms with Crippen LogP contribution in [0, 0.1) is 12.8 Å². The van der Waals surface area contributed by atoms with E-state index >= 15 is 0 Å². The monoisotopic (exact) mass is 458 g/mol. The molecule has 1 unspecified atom stereocenters. The molecule has 2 atom stereocenters. The Morgan fingerprint density at radius 2 is 1.79 bits per heavy atom. The first kappa shape index (κ1) is 21.1. The number of carbonyl (C=O) groups excluding carboxylic acids is 1. The molecule has 8 heteroatoms. The number of anilines is 2. The van der Waals surface area contributed by atoms with E-state index in [0.29, 0.717) is 5.69 Å². The molecular weight excluding hydrogens is 436 g/mol. The van der Waals surface area contributed by atoms with Crippen molar-refractivity contribution < 1.29 is 13.2 Å². The smallest absolute Gasteiger partial charge is 0.261 e. The van der Waals surface area contributed by atoms with Crippen LogP contribution in [-0.2, 0) is 14.8 Å². The van der Waals surface area contributed by atoms with E-state index in [4.69, 9.17) is 0 Å². The summed E-state index contributed by atoms with van der Waals surface area (Å²) < 4.78 is 27.7. The van der Waals surface area contributed by atoms with E-state index in [0.717, 1.165) is 34.0 Å². The Kier molecular flexibility index (Phi) is 5.30. The van der Waals surface area contributed by atoms with Crippen molar-refractivity contribution in [3.63, 3.8) is 0 Å². The van der Waals surface area contributed by atoms with E-state index < -0.39 is 10.0 Å². The van der Waals surface area contributed by atoms with E-state index in [1.54, 1.807) is 55.0 Å².